The monoisotopic (exact) mass is 376 g/mol. The zero-order chi connectivity index (χ0) is 19.7. The van der Waals surface area contributed by atoms with Gasteiger partial charge in [0.1, 0.15) is 5.60 Å². The maximum atomic E-state index is 13.2. The van der Waals surface area contributed by atoms with Gasteiger partial charge in [-0.15, -0.1) is 0 Å². The Bertz CT molecular complexity index is 687. The van der Waals surface area contributed by atoms with Crippen LogP contribution in [0.4, 0.5) is 23.7 Å². The second-order valence-corrected chi connectivity index (χ2v) is 6.90. The molecule has 0 saturated carbocycles. The standard InChI is InChI=1S/C16H19F3N2O5/c1-15(2,3)26-14(22)20-12(9-25-13(20)16(17,18)19)8-10-5-4-6-11(7-10)21(23)24/h4-7,12-13H,8-9H2,1-3H3/t12-,13-/m0/s1. The van der Waals surface area contributed by atoms with Crippen molar-refractivity contribution in [3.63, 3.8) is 0 Å². The van der Waals surface area contributed by atoms with E-state index in [-0.39, 0.29) is 18.7 Å². The summed E-state index contributed by atoms with van der Waals surface area (Å²) in [4.78, 5) is 23.1. The number of hydrogen-bond acceptors (Lipinski definition) is 5. The summed E-state index contributed by atoms with van der Waals surface area (Å²) >= 11 is 0. The summed E-state index contributed by atoms with van der Waals surface area (Å²) in [6.45, 7) is 4.27. The second-order valence-electron chi connectivity index (χ2n) is 6.90. The van der Waals surface area contributed by atoms with Gasteiger partial charge in [0.25, 0.3) is 5.69 Å². The highest BCUT2D eigenvalue weighted by Gasteiger charge is 2.54. The second kappa shape index (κ2) is 7.10. The Labute approximate surface area is 147 Å². The fourth-order valence-electron chi connectivity index (χ4n) is 2.59. The maximum Gasteiger partial charge on any atom is 0.433 e. The number of nitrogens with zero attached hydrogens (tertiary/aromatic N) is 2. The van der Waals surface area contributed by atoms with Crippen molar-refractivity contribution in [1.29, 1.82) is 0 Å². The molecule has 0 radical (unpaired) electrons. The van der Waals surface area contributed by atoms with E-state index in [2.05, 4.69) is 0 Å². The zero-order valence-corrected chi connectivity index (χ0v) is 14.4. The van der Waals surface area contributed by atoms with Gasteiger partial charge in [0, 0.05) is 12.1 Å². The fraction of sp³-hybridized carbons (Fsp3) is 0.562. The minimum Gasteiger partial charge on any atom is -0.444 e. The lowest BCUT2D eigenvalue weighted by Gasteiger charge is -2.31. The first-order chi connectivity index (χ1) is 11.9. The lowest BCUT2D eigenvalue weighted by molar-refractivity contribution is -0.384. The van der Waals surface area contributed by atoms with Crippen molar-refractivity contribution in [1.82, 2.24) is 4.90 Å². The lowest BCUT2D eigenvalue weighted by Crippen LogP contribution is -2.51. The maximum absolute atomic E-state index is 13.2. The van der Waals surface area contributed by atoms with Crippen LogP contribution in [-0.2, 0) is 15.9 Å². The molecule has 26 heavy (non-hydrogen) atoms. The average molecular weight is 376 g/mol. The van der Waals surface area contributed by atoms with E-state index in [1.807, 2.05) is 0 Å². The highest BCUT2D eigenvalue weighted by Crippen LogP contribution is 2.34. The third kappa shape index (κ3) is 4.84. The fourth-order valence-corrected chi connectivity index (χ4v) is 2.59. The van der Waals surface area contributed by atoms with Crippen LogP contribution in [0.5, 0.6) is 0 Å². The average Bonchev–Trinajstić information content (AvgIpc) is 2.89. The van der Waals surface area contributed by atoms with E-state index in [9.17, 15) is 28.1 Å². The predicted octanol–water partition coefficient (Wildman–Crippen LogP) is 3.66. The molecule has 2 atom stereocenters. The Balaban J connectivity index is 2.26. The van der Waals surface area contributed by atoms with E-state index in [1.54, 1.807) is 26.8 Å². The zero-order valence-electron chi connectivity index (χ0n) is 14.4. The molecule has 0 spiro atoms. The number of carbonyl (C=O) groups excluding carboxylic acids is 1. The molecule has 1 saturated heterocycles. The third-order valence-corrected chi connectivity index (χ3v) is 3.57. The van der Waals surface area contributed by atoms with E-state index >= 15 is 0 Å². The first kappa shape index (κ1) is 20.0. The minimum atomic E-state index is -4.78. The van der Waals surface area contributed by atoms with Crippen LogP contribution in [0, 0.1) is 10.1 Å². The summed E-state index contributed by atoms with van der Waals surface area (Å²) in [7, 11) is 0. The molecule has 0 aliphatic carbocycles. The van der Waals surface area contributed by atoms with E-state index in [0.717, 1.165) is 0 Å². The molecule has 144 valence electrons. The van der Waals surface area contributed by atoms with Crippen molar-refractivity contribution >= 4 is 11.8 Å². The van der Waals surface area contributed by atoms with Crippen LogP contribution in [0.15, 0.2) is 24.3 Å². The van der Waals surface area contributed by atoms with Crippen molar-refractivity contribution in [2.45, 2.75) is 51.2 Å². The van der Waals surface area contributed by atoms with E-state index in [1.165, 1.54) is 18.2 Å². The van der Waals surface area contributed by atoms with Crippen LogP contribution >= 0.6 is 0 Å². The largest absolute Gasteiger partial charge is 0.444 e. The van der Waals surface area contributed by atoms with E-state index in [4.69, 9.17) is 9.47 Å². The Kier molecular flexibility index (Phi) is 5.45. The number of halogens is 3. The molecular weight excluding hydrogens is 357 g/mol. The Morgan fingerprint density at radius 2 is 2.04 bits per heavy atom. The molecule has 1 aromatic rings. The van der Waals surface area contributed by atoms with Crippen molar-refractivity contribution < 1.29 is 32.4 Å². The number of amides is 1. The Morgan fingerprint density at radius 1 is 1.38 bits per heavy atom. The number of alkyl halides is 3. The number of non-ortho nitro benzene ring substituents is 1. The van der Waals surface area contributed by atoms with Gasteiger partial charge < -0.3 is 9.47 Å². The van der Waals surface area contributed by atoms with Gasteiger partial charge in [-0.2, -0.15) is 13.2 Å². The molecule has 0 bridgehead atoms. The minimum absolute atomic E-state index is 0.0342. The summed E-state index contributed by atoms with van der Waals surface area (Å²) < 4.78 is 49.5. The number of nitro groups is 1. The molecule has 2 rings (SSSR count). The highest BCUT2D eigenvalue weighted by atomic mass is 19.4. The van der Waals surface area contributed by atoms with Crippen LogP contribution in [0.1, 0.15) is 26.3 Å². The van der Waals surface area contributed by atoms with Gasteiger partial charge >= 0.3 is 12.3 Å². The molecular formula is C16H19F3N2O5. The molecule has 0 N–H and O–H groups in total. The van der Waals surface area contributed by atoms with Crippen LogP contribution < -0.4 is 0 Å². The van der Waals surface area contributed by atoms with Gasteiger partial charge in [0.05, 0.1) is 17.6 Å². The van der Waals surface area contributed by atoms with Gasteiger partial charge in [-0.3, -0.25) is 15.0 Å². The van der Waals surface area contributed by atoms with Gasteiger partial charge in [0.15, 0.2) is 0 Å². The van der Waals surface area contributed by atoms with Gasteiger partial charge in [-0.25, -0.2) is 4.79 Å². The van der Waals surface area contributed by atoms with Crippen LogP contribution in [0.2, 0.25) is 0 Å². The van der Waals surface area contributed by atoms with E-state index in [0.29, 0.717) is 10.5 Å². The number of rotatable bonds is 3. The summed E-state index contributed by atoms with van der Waals surface area (Å²) in [6, 6.07) is 4.55. The molecule has 10 heteroatoms. The Hall–Kier alpha value is -2.36. The number of nitro benzene ring substituents is 1. The van der Waals surface area contributed by atoms with Crippen LogP contribution in [0.3, 0.4) is 0 Å². The summed E-state index contributed by atoms with van der Waals surface area (Å²) in [5.41, 5.74) is -0.742. The SMILES string of the molecule is CC(C)(C)OC(=O)N1[C@@H](Cc2cccc([N+](=O)[O-])c2)CO[C@H]1C(F)(F)F. The predicted molar refractivity (Wildman–Crippen MR) is 84.5 cm³/mol. The topological polar surface area (TPSA) is 81.9 Å². The molecule has 1 fully saturated rings. The normalized spacial score (nSPS) is 20.9. The van der Waals surface area contributed by atoms with Crippen molar-refractivity contribution in [3.05, 3.63) is 39.9 Å². The first-order valence-electron chi connectivity index (χ1n) is 7.81. The van der Waals surface area contributed by atoms with Gasteiger partial charge in [-0.1, -0.05) is 12.1 Å². The molecule has 0 unspecified atom stereocenters. The molecule has 1 aliphatic heterocycles. The quantitative estimate of drug-likeness (QED) is 0.594. The summed E-state index contributed by atoms with van der Waals surface area (Å²) in [5.74, 6) is 0. The molecule has 7 nitrogen and oxygen atoms in total. The van der Waals surface area contributed by atoms with Crippen molar-refractivity contribution in [2.24, 2.45) is 0 Å². The number of ether oxygens (including phenoxy) is 2. The van der Waals surface area contributed by atoms with E-state index < -0.39 is 35.1 Å². The third-order valence-electron chi connectivity index (χ3n) is 3.57. The number of benzene rings is 1. The van der Waals surface area contributed by atoms with Gasteiger partial charge in [-0.05, 0) is 32.8 Å². The summed E-state index contributed by atoms with van der Waals surface area (Å²) in [5, 5.41) is 10.9. The van der Waals surface area contributed by atoms with Gasteiger partial charge in [0.2, 0.25) is 6.23 Å². The highest BCUT2D eigenvalue weighted by molar-refractivity contribution is 5.69. The number of carbonyl (C=O) groups is 1. The smallest absolute Gasteiger partial charge is 0.433 e. The molecule has 1 aromatic carbocycles. The van der Waals surface area contributed by atoms with Crippen LogP contribution in [0.25, 0.3) is 0 Å². The van der Waals surface area contributed by atoms with Crippen molar-refractivity contribution in [2.75, 3.05) is 6.61 Å². The summed E-state index contributed by atoms with van der Waals surface area (Å²) in [6.07, 6.45) is -8.38. The first-order valence-corrected chi connectivity index (χ1v) is 7.81. The molecule has 0 aromatic heterocycles. The molecule has 1 amide bonds. The molecule has 1 aliphatic rings. The number of hydrogen-bond donors (Lipinski definition) is 0. The Morgan fingerprint density at radius 3 is 2.58 bits per heavy atom. The van der Waals surface area contributed by atoms with Crippen LogP contribution in [-0.4, -0.2) is 46.6 Å². The van der Waals surface area contributed by atoms with Crippen molar-refractivity contribution in [3.8, 4) is 0 Å². The lowest BCUT2D eigenvalue weighted by atomic mass is 10.1. The molecule has 1 heterocycles.